The van der Waals surface area contributed by atoms with E-state index in [1.165, 1.54) is 7.11 Å². The lowest BCUT2D eigenvalue weighted by molar-refractivity contribution is -0.298. The Morgan fingerprint density at radius 3 is 2.38 bits per heavy atom. The van der Waals surface area contributed by atoms with E-state index in [2.05, 4.69) is 0 Å². The quantitative estimate of drug-likeness (QED) is 0.279. The van der Waals surface area contributed by atoms with Crippen molar-refractivity contribution in [2.75, 3.05) is 20.3 Å². The highest BCUT2D eigenvalue weighted by atomic mass is 17.2. The molecular formula is C12H24O4. The van der Waals surface area contributed by atoms with Crippen molar-refractivity contribution in [1.29, 1.82) is 0 Å². The van der Waals surface area contributed by atoms with Gasteiger partial charge in [0.25, 0.3) is 0 Å². The van der Waals surface area contributed by atoms with E-state index >= 15 is 0 Å². The summed E-state index contributed by atoms with van der Waals surface area (Å²) in [6.07, 6.45) is 1.50. The molecule has 0 radical (unpaired) electrons. The summed E-state index contributed by atoms with van der Waals surface area (Å²) in [5, 5.41) is 0. The Morgan fingerprint density at radius 2 is 1.94 bits per heavy atom. The lowest BCUT2D eigenvalue weighted by Crippen LogP contribution is -2.31. The molecule has 0 rings (SSSR count). The minimum Gasteiger partial charge on any atom is -0.469 e. The normalized spacial score (nSPS) is 16.6. The minimum atomic E-state index is -0.427. The van der Waals surface area contributed by atoms with Crippen LogP contribution in [0.1, 0.15) is 40.5 Å². The molecule has 4 heteroatoms. The van der Waals surface area contributed by atoms with Gasteiger partial charge in [0.1, 0.15) is 0 Å². The van der Waals surface area contributed by atoms with Gasteiger partial charge >= 0.3 is 5.97 Å². The summed E-state index contributed by atoms with van der Waals surface area (Å²) in [6.45, 7) is 8.86. The molecule has 0 aliphatic carbocycles. The molecule has 0 aromatic heterocycles. The van der Waals surface area contributed by atoms with Gasteiger partial charge in [-0.05, 0) is 32.6 Å². The van der Waals surface area contributed by atoms with E-state index in [1.54, 1.807) is 0 Å². The van der Waals surface area contributed by atoms with Crippen LogP contribution >= 0.6 is 0 Å². The van der Waals surface area contributed by atoms with Crippen LogP contribution in [0, 0.1) is 11.3 Å². The van der Waals surface area contributed by atoms with Crippen molar-refractivity contribution in [1.82, 2.24) is 0 Å². The lowest BCUT2D eigenvalue weighted by Gasteiger charge is -2.27. The number of hydrogen-bond acceptors (Lipinski definition) is 4. The molecule has 0 saturated heterocycles. The average molecular weight is 232 g/mol. The SMILES string of the molecule is CCOOCC(C)CC(C)(CC)C(=O)OC. The molecule has 0 fully saturated rings. The first-order valence-electron chi connectivity index (χ1n) is 5.83. The summed E-state index contributed by atoms with van der Waals surface area (Å²) >= 11 is 0. The van der Waals surface area contributed by atoms with Crippen LogP contribution in [-0.4, -0.2) is 26.3 Å². The molecule has 2 unspecified atom stereocenters. The maximum absolute atomic E-state index is 11.6. The Morgan fingerprint density at radius 1 is 1.31 bits per heavy atom. The lowest BCUT2D eigenvalue weighted by atomic mass is 9.79. The van der Waals surface area contributed by atoms with Crippen molar-refractivity contribution in [2.45, 2.75) is 40.5 Å². The summed E-state index contributed by atoms with van der Waals surface area (Å²) in [5.41, 5.74) is -0.427. The van der Waals surface area contributed by atoms with Gasteiger partial charge in [-0.2, -0.15) is 0 Å². The van der Waals surface area contributed by atoms with Gasteiger partial charge in [0, 0.05) is 0 Å². The minimum absolute atomic E-state index is 0.154. The van der Waals surface area contributed by atoms with Crippen molar-refractivity contribution in [3.8, 4) is 0 Å². The largest absolute Gasteiger partial charge is 0.469 e. The first-order chi connectivity index (χ1) is 7.50. The van der Waals surface area contributed by atoms with Gasteiger partial charge in [0.15, 0.2) is 0 Å². The molecule has 0 heterocycles. The Hall–Kier alpha value is -0.610. The first kappa shape index (κ1) is 15.4. The summed E-state index contributed by atoms with van der Waals surface area (Å²) in [5.74, 6) is 0.105. The van der Waals surface area contributed by atoms with E-state index in [-0.39, 0.29) is 11.9 Å². The predicted octanol–water partition coefficient (Wildman–Crippen LogP) is 2.57. The van der Waals surface area contributed by atoms with Gasteiger partial charge in [-0.15, -0.1) is 0 Å². The fraction of sp³-hybridized carbons (Fsp3) is 0.917. The Balaban J connectivity index is 4.14. The maximum Gasteiger partial charge on any atom is 0.311 e. The standard InChI is InChI=1S/C12H24O4/c1-6-12(4,11(13)14-5)8-10(3)9-16-15-7-2/h10H,6-9H2,1-5H3. The van der Waals surface area contributed by atoms with Gasteiger partial charge in [-0.1, -0.05) is 13.8 Å². The number of esters is 1. The van der Waals surface area contributed by atoms with E-state index < -0.39 is 5.41 Å². The van der Waals surface area contributed by atoms with Gasteiger partial charge in [0.2, 0.25) is 0 Å². The molecule has 0 bridgehead atoms. The number of rotatable bonds is 8. The third-order valence-corrected chi connectivity index (χ3v) is 2.81. The van der Waals surface area contributed by atoms with Gasteiger partial charge in [-0.25, -0.2) is 9.78 Å². The monoisotopic (exact) mass is 232 g/mol. The van der Waals surface area contributed by atoms with Crippen LogP contribution in [0.3, 0.4) is 0 Å². The van der Waals surface area contributed by atoms with Gasteiger partial charge in [-0.3, -0.25) is 4.79 Å². The highest BCUT2D eigenvalue weighted by Gasteiger charge is 2.34. The summed E-state index contributed by atoms with van der Waals surface area (Å²) in [6, 6.07) is 0. The predicted molar refractivity (Wildman–Crippen MR) is 61.8 cm³/mol. The van der Waals surface area contributed by atoms with Crippen molar-refractivity contribution < 1.29 is 19.3 Å². The first-order valence-corrected chi connectivity index (χ1v) is 5.83. The van der Waals surface area contributed by atoms with Crippen LogP contribution in [0.15, 0.2) is 0 Å². The van der Waals surface area contributed by atoms with Gasteiger partial charge < -0.3 is 4.74 Å². The zero-order valence-corrected chi connectivity index (χ0v) is 11.0. The van der Waals surface area contributed by atoms with Gasteiger partial charge in [0.05, 0.1) is 25.7 Å². The third-order valence-electron chi connectivity index (χ3n) is 2.81. The molecule has 0 aromatic carbocycles. The topological polar surface area (TPSA) is 44.8 Å². The molecule has 0 aromatic rings. The Kier molecular flexibility index (Phi) is 7.34. The molecule has 0 N–H and O–H groups in total. The van der Waals surface area contributed by atoms with E-state index in [9.17, 15) is 4.79 Å². The molecule has 4 nitrogen and oxygen atoms in total. The van der Waals surface area contributed by atoms with E-state index in [4.69, 9.17) is 14.5 Å². The van der Waals surface area contributed by atoms with Crippen molar-refractivity contribution >= 4 is 5.97 Å². The average Bonchev–Trinajstić information content (AvgIpc) is 2.28. The zero-order chi connectivity index (χ0) is 12.6. The second kappa shape index (κ2) is 7.63. The molecule has 0 aliphatic heterocycles. The molecule has 0 saturated carbocycles. The molecule has 96 valence electrons. The number of carbonyl (C=O) groups is 1. The van der Waals surface area contributed by atoms with Crippen LogP contribution in [0.2, 0.25) is 0 Å². The molecule has 0 spiro atoms. The number of hydrogen-bond donors (Lipinski definition) is 0. The third kappa shape index (κ3) is 4.94. The summed E-state index contributed by atoms with van der Waals surface area (Å²) in [7, 11) is 1.43. The highest BCUT2D eigenvalue weighted by Crippen LogP contribution is 2.31. The zero-order valence-electron chi connectivity index (χ0n) is 11.0. The second-order valence-electron chi connectivity index (χ2n) is 4.41. The molecule has 16 heavy (non-hydrogen) atoms. The van der Waals surface area contributed by atoms with Crippen molar-refractivity contribution in [3.05, 3.63) is 0 Å². The van der Waals surface area contributed by atoms with Crippen LogP contribution in [-0.2, 0) is 19.3 Å². The number of carbonyl (C=O) groups excluding carboxylic acids is 1. The van der Waals surface area contributed by atoms with Crippen LogP contribution in [0.5, 0.6) is 0 Å². The number of ether oxygens (including phenoxy) is 1. The Bertz CT molecular complexity index is 205. The molecular weight excluding hydrogens is 208 g/mol. The van der Waals surface area contributed by atoms with Crippen LogP contribution in [0.4, 0.5) is 0 Å². The van der Waals surface area contributed by atoms with E-state index in [0.717, 1.165) is 12.8 Å². The maximum atomic E-state index is 11.6. The molecule has 2 atom stereocenters. The summed E-state index contributed by atoms with van der Waals surface area (Å²) < 4.78 is 4.82. The second-order valence-corrected chi connectivity index (χ2v) is 4.41. The van der Waals surface area contributed by atoms with Crippen molar-refractivity contribution in [2.24, 2.45) is 11.3 Å². The van der Waals surface area contributed by atoms with E-state index in [1.807, 2.05) is 27.7 Å². The van der Waals surface area contributed by atoms with Crippen LogP contribution in [0.25, 0.3) is 0 Å². The Labute approximate surface area is 98.2 Å². The summed E-state index contributed by atoms with van der Waals surface area (Å²) in [4.78, 5) is 21.5. The molecule has 0 amide bonds. The van der Waals surface area contributed by atoms with Crippen LogP contribution < -0.4 is 0 Å². The molecule has 0 aliphatic rings. The smallest absolute Gasteiger partial charge is 0.311 e. The highest BCUT2D eigenvalue weighted by molar-refractivity contribution is 5.76. The van der Waals surface area contributed by atoms with E-state index in [0.29, 0.717) is 13.2 Å². The fourth-order valence-corrected chi connectivity index (χ4v) is 1.69. The number of methoxy groups -OCH3 is 1. The van der Waals surface area contributed by atoms with Crippen molar-refractivity contribution in [3.63, 3.8) is 0 Å². The fourth-order valence-electron chi connectivity index (χ4n) is 1.69.